The molecule has 0 heterocycles. The Morgan fingerprint density at radius 2 is 1.92 bits per heavy atom. The zero-order valence-corrected chi connectivity index (χ0v) is 9.11. The molecule has 0 aliphatic rings. The highest BCUT2D eigenvalue weighted by Gasteiger charge is 2.07. The van der Waals surface area contributed by atoms with E-state index in [1.807, 2.05) is 0 Å². The van der Waals surface area contributed by atoms with E-state index in [0.717, 1.165) is 0 Å². The maximum Gasteiger partial charge on any atom is 0.189 e. The maximum absolute atomic E-state index is 11.5. The number of phenols is 1. The molecule has 0 saturated carbocycles. The van der Waals surface area contributed by atoms with Crippen molar-refractivity contribution in [3.05, 3.63) is 42.0 Å². The quantitative estimate of drug-likeness (QED) is 0.402. The number of Topliss-reactive ketones (excluding diaryl/α,β-unsaturated/α-hetero) is 1. The summed E-state index contributed by atoms with van der Waals surface area (Å²) in [5.41, 5.74) is 1.14. The van der Waals surface area contributed by atoms with Crippen LogP contribution in [0.2, 0.25) is 0 Å². The number of ketones is 1. The van der Waals surface area contributed by atoms with Crippen LogP contribution in [0.25, 0.3) is 0 Å². The summed E-state index contributed by atoms with van der Waals surface area (Å²) < 4.78 is 0.622. The van der Waals surface area contributed by atoms with E-state index < -0.39 is 0 Å². The average molecular weight is 288 g/mol. The molecule has 13 heavy (non-hydrogen) atoms. The van der Waals surface area contributed by atoms with Crippen LogP contribution in [0.15, 0.2) is 36.4 Å². The molecular weight excluding hydrogens is 279 g/mol. The normalized spacial score (nSPS) is 9.62. The first-order chi connectivity index (χ1) is 6.15. The molecule has 1 rings (SSSR count). The first-order valence-electron chi connectivity index (χ1n) is 3.72. The Hall–Kier alpha value is -0.840. The minimum absolute atomic E-state index is 0.0607. The summed E-state index contributed by atoms with van der Waals surface area (Å²) >= 11 is 2.09. The number of carbonyl (C=O) groups is 1. The summed E-state index contributed by atoms with van der Waals surface area (Å²) in [7, 11) is 0. The van der Waals surface area contributed by atoms with E-state index in [1.54, 1.807) is 12.1 Å². The van der Waals surface area contributed by atoms with Crippen molar-refractivity contribution in [2.24, 2.45) is 0 Å². The van der Waals surface area contributed by atoms with E-state index in [2.05, 4.69) is 29.2 Å². The molecule has 0 bridgehead atoms. The molecule has 0 aliphatic heterocycles. The minimum Gasteiger partial charge on any atom is -0.508 e. The summed E-state index contributed by atoms with van der Waals surface area (Å²) in [5, 5.41) is 9.00. The Kier molecular flexibility index (Phi) is 3.48. The molecule has 0 aromatic heterocycles. The molecule has 3 heteroatoms. The lowest BCUT2D eigenvalue weighted by atomic mass is 10.1. The molecule has 1 aromatic carbocycles. The van der Waals surface area contributed by atoms with Crippen molar-refractivity contribution in [2.75, 3.05) is 4.43 Å². The van der Waals surface area contributed by atoms with E-state index in [-0.39, 0.29) is 11.5 Å². The van der Waals surface area contributed by atoms with E-state index >= 15 is 0 Å². The van der Waals surface area contributed by atoms with Crippen LogP contribution in [0.1, 0.15) is 10.4 Å². The van der Waals surface area contributed by atoms with Gasteiger partial charge in [-0.25, -0.2) is 0 Å². The zero-order chi connectivity index (χ0) is 9.84. The number of rotatable bonds is 3. The monoisotopic (exact) mass is 288 g/mol. The summed E-state index contributed by atoms with van der Waals surface area (Å²) in [4.78, 5) is 11.5. The Morgan fingerprint density at radius 1 is 1.38 bits per heavy atom. The molecule has 0 unspecified atom stereocenters. The molecule has 68 valence electrons. The maximum atomic E-state index is 11.5. The largest absolute Gasteiger partial charge is 0.508 e. The molecule has 0 radical (unpaired) electrons. The number of phenolic OH excluding ortho intramolecular Hbond substituents is 1. The van der Waals surface area contributed by atoms with E-state index in [9.17, 15) is 4.79 Å². The standard InChI is InChI=1S/C10H9IO2/c1-7(6-11)10(13)8-2-4-9(12)5-3-8/h2-5,12H,1,6H2. The highest BCUT2D eigenvalue weighted by atomic mass is 127. The summed E-state index contributed by atoms with van der Waals surface area (Å²) in [6.45, 7) is 3.65. The molecule has 1 N–H and O–H groups in total. The topological polar surface area (TPSA) is 37.3 Å². The fourth-order valence-corrected chi connectivity index (χ4v) is 1.22. The van der Waals surface area contributed by atoms with Gasteiger partial charge in [0, 0.05) is 15.6 Å². The van der Waals surface area contributed by atoms with E-state index in [1.165, 1.54) is 12.1 Å². The molecule has 0 amide bonds. The predicted octanol–water partition coefficient (Wildman–Crippen LogP) is 2.57. The fourth-order valence-electron chi connectivity index (χ4n) is 0.878. The van der Waals surface area contributed by atoms with Gasteiger partial charge in [-0.1, -0.05) is 29.2 Å². The summed E-state index contributed by atoms with van der Waals surface area (Å²) in [6, 6.07) is 6.17. The first-order valence-corrected chi connectivity index (χ1v) is 5.25. The Bertz CT molecular complexity index is 327. The van der Waals surface area contributed by atoms with Crippen LogP contribution >= 0.6 is 22.6 Å². The van der Waals surface area contributed by atoms with Crippen molar-refractivity contribution in [2.45, 2.75) is 0 Å². The Balaban J connectivity index is 2.90. The summed E-state index contributed by atoms with van der Waals surface area (Å²) in [5.74, 6) is 0.103. The number of carbonyl (C=O) groups excluding carboxylic acids is 1. The minimum atomic E-state index is -0.0607. The zero-order valence-electron chi connectivity index (χ0n) is 6.96. The van der Waals surface area contributed by atoms with Crippen LogP contribution in [0, 0.1) is 0 Å². The van der Waals surface area contributed by atoms with Gasteiger partial charge in [-0.3, -0.25) is 4.79 Å². The van der Waals surface area contributed by atoms with Gasteiger partial charge in [0.25, 0.3) is 0 Å². The number of alkyl halides is 1. The van der Waals surface area contributed by atoms with Gasteiger partial charge in [-0.2, -0.15) is 0 Å². The number of benzene rings is 1. The number of aromatic hydroxyl groups is 1. The van der Waals surface area contributed by atoms with Crippen molar-refractivity contribution in [1.82, 2.24) is 0 Å². The van der Waals surface area contributed by atoms with Gasteiger partial charge in [0.2, 0.25) is 0 Å². The van der Waals surface area contributed by atoms with Crippen molar-refractivity contribution >= 4 is 28.4 Å². The molecule has 0 spiro atoms. The first kappa shape index (κ1) is 10.2. The molecule has 0 fully saturated rings. The smallest absolute Gasteiger partial charge is 0.189 e. The Labute approximate surface area is 90.4 Å². The predicted molar refractivity (Wildman–Crippen MR) is 60.5 cm³/mol. The van der Waals surface area contributed by atoms with Crippen molar-refractivity contribution in [1.29, 1.82) is 0 Å². The van der Waals surface area contributed by atoms with Crippen molar-refractivity contribution < 1.29 is 9.90 Å². The van der Waals surface area contributed by atoms with Crippen LogP contribution in [-0.2, 0) is 0 Å². The van der Waals surface area contributed by atoms with E-state index in [0.29, 0.717) is 15.6 Å². The number of allylic oxidation sites excluding steroid dienone is 1. The van der Waals surface area contributed by atoms with Crippen LogP contribution in [0.4, 0.5) is 0 Å². The number of halogens is 1. The van der Waals surface area contributed by atoms with Gasteiger partial charge >= 0.3 is 0 Å². The molecule has 0 saturated heterocycles. The number of hydrogen-bond acceptors (Lipinski definition) is 2. The molecule has 0 atom stereocenters. The van der Waals surface area contributed by atoms with Crippen LogP contribution in [0.3, 0.4) is 0 Å². The van der Waals surface area contributed by atoms with Crippen molar-refractivity contribution in [3.8, 4) is 5.75 Å². The van der Waals surface area contributed by atoms with Gasteiger partial charge < -0.3 is 5.11 Å². The third-order valence-corrected chi connectivity index (χ3v) is 2.53. The number of hydrogen-bond donors (Lipinski definition) is 1. The van der Waals surface area contributed by atoms with E-state index in [4.69, 9.17) is 5.11 Å². The fraction of sp³-hybridized carbons (Fsp3) is 0.100. The Morgan fingerprint density at radius 3 is 2.38 bits per heavy atom. The third kappa shape index (κ3) is 2.55. The second-order valence-corrected chi connectivity index (χ2v) is 3.38. The second kappa shape index (κ2) is 4.41. The summed E-state index contributed by atoms with van der Waals surface area (Å²) in [6.07, 6.45) is 0. The molecule has 0 aliphatic carbocycles. The van der Waals surface area contributed by atoms with Crippen LogP contribution < -0.4 is 0 Å². The average Bonchev–Trinajstić information content (AvgIpc) is 2.17. The highest BCUT2D eigenvalue weighted by molar-refractivity contribution is 14.1. The molecule has 1 aromatic rings. The SMILES string of the molecule is C=C(CI)C(=O)c1ccc(O)cc1. The van der Waals surface area contributed by atoms with Gasteiger partial charge in [-0.05, 0) is 24.3 Å². The van der Waals surface area contributed by atoms with Gasteiger partial charge in [-0.15, -0.1) is 0 Å². The molecule has 2 nitrogen and oxygen atoms in total. The van der Waals surface area contributed by atoms with Gasteiger partial charge in [0.15, 0.2) is 5.78 Å². The lowest BCUT2D eigenvalue weighted by Gasteiger charge is -2.00. The lowest BCUT2D eigenvalue weighted by molar-refractivity contribution is 0.103. The van der Waals surface area contributed by atoms with Crippen molar-refractivity contribution in [3.63, 3.8) is 0 Å². The van der Waals surface area contributed by atoms with Gasteiger partial charge in [0.1, 0.15) is 5.75 Å². The van der Waals surface area contributed by atoms with Gasteiger partial charge in [0.05, 0.1) is 0 Å². The van der Waals surface area contributed by atoms with Crippen LogP contribution in [0.5, 0.6) is 5.75 Å². The second-order valence-electron chi connectivity index (χ2n) is 2.61. The lowest BCUT2D eigenvalue weighted by Crippen LogP contribution is -2.02. The van der Waals surface area contributed by atoms with Crippen LogP contribution in [-0.4, -0.2) is 15.3 Å². The molecular formula is C10H9IO2. The third-order valence-electron chi connectivity index (χ3n) is 1.61. The highest BCUT2D eigenvalue weighted by Crippen LogP contribution is 2.13.